The largest absolute Gasteiger partial charge is 0.379 e. The topological polar surface area (TPSA) is 50.4 Å². The minimum atomic E-state index is -0.153. The van der Waals surface area contributed by atoms with E-state index < -0.39 is 0 Å². The summed E-state index contributed by atoms with van der Waals surface area (Å²) in [6.45, 7) is 1.85. The molecule has 88 valence electrons. The van der Waals surface area contributed by atoms with Crippen molar-refractivity contribution in [3.8, 4) is 0 Å². The maximum absolute atomic E-state index is 11.5. The molecule has 0 aromatic carbocycles. The number of urea groups is 1. The normalized spacial score (nSPS) is 19.7. The Labute approximate surface area is 103 Å². The van der Waals surface area contributed by atoms with Gasteiger partial charge in [0, 0.05) is 11.5 Å². The Balaban J connectivity index is 1.71. The maximum Gasteiger partial charge on any atom is 0.315 e. The Morgan fingerprint density at radius 3 is 3.12 bits per heavy atom. The van der Waals surface area contributed by atoms with Crippen molar-refractivity contribution in [1.82, 2.24) is 10.6 Å². The third-order valence-corrected chi connectivity index (χ3v) is 3.55. The fourth-order valence-corrected chi connectivity index (χ4v) is 2.53. The summed E-state index contributed by atoms with van der Waals surface area (Å²) < 4.78 is 5.90. The van der Waals surface area contributed by atoms with Crippen LogP contribution in [0.15, 0.2) is 12.1 Å². The number of ether oxygens (including phenoxy) is 1. The Kier molecular flexibility index (Phi) is 4.04. The SMILES string of the molecule is O=C(NCc1ccc(Cl)s1)NC1CCOC1. The minimum absolute atomic E-state index is 0.145. The summed E-state index contributed by atoms with van der Waals surface area (Å²) in [7, 11) is 0. The molecule has 2 amide bonds. The van der Waals surface area contributed by atoms with Crippen molar-refractivity contribution in [1.29, 1.82) is 0 Å². The van der Waals surface area contributed by atoms with Crippen LogP contribution in [-0.2, 0) is 11.3 Å². The van der Waals surface area contributed by atoms with Gasteiger partial charge in [0.25, 0.3) is 0 Å². The molecule has 2 heterocycles. The molecular formula is C10H13ClN2O2S. The van der Waals surface area contributed by atoms with Crippen LogP contribution in [0, 0.1) is 0 Å². The number of hydrogen-bond acceptors (Lipinski definition) is 3. The van der Waals surface area contributed by atoms with Crippen molar-refractivity contribution in [2.45, 2.75) is 19.0 Å². The lowest BCUT2D eigenvalue weighted by atomic mass is 10.3. The number of hydrogen-bond donors (Lipinski definition) is 2. The smallest absolute Gasteiger partial charge is 0.315 e. The van der Waals surface area contributed by atoms with Crippen molar-refractivity contribution in [2.24, 2.45) is 0 Å². The molecule has 1 saturated heterocycles. The highest BCUT2D eigenvalue weighted by molar-refractivity contribution is 7.16. The number of carbonyl (C=O) groups is 1. The summed E-state index contributed by atoms with van der Waals surface area (Å²) in [4.78, 5) is 12.5. The van der Waals surface area contributed by atoms with Crippen molar-refractivity contribution in [3.63, 3.8) is 0 Å². The van der Waals surface area contributed by atoms with E-state index in [0.717, 1.165) is 22.2 Å². The predicted octanol–water partition coefficient (Wildman–Crippen LogP) is 1.99. The number of thiophene rings is 1. The number of halogens is 1. The summed E-state index contributed by atoms with van der Waals surface area (Å²) in [5.74, 6) is 0. The quantitative estimate of drug-likeness (QED) is 0.873. The van der Waals surface area contributed by atoms with Crippen LogP contribution in [0.25, 0.3) is 0 Å². The van der Waals surface area contributed by atoms with E-state index in [0.29, 0.717) is 13.2 Å². The van der Waals surface area contributed by atoms with Gasteiger partial charge in [-0.3, -0.25) is 0 Å². The molecule has 16 heavy (non-hydrogen) atoms. The third-order valence-electron chi connectivity index (χ3n) is 2.32. The highest BCUT2D eigenvalue weighted by Gasteiger charge is 2.17. The number of rotatable bonds is 3. The lowest BCUT2D eigenvalue weighted by molar-refractivity contribution is 0.188. The van der Waals surface area contributed by atoms with Gasteiger partial charge in [0.1, 0.15) is 0 Å². The second-order valence-electron chi connectivity index (χ2n) is 3.59. The average molecular weight is 261 g/mol. The van der Waals surface area contributed by atoms with E-state index in [2.05, 4.69) is 10.6 Å². The molecule has 0 bridgehead atoms. The van der Waals surface area contributed by atoms with Crippen LogP contribution in [0.3, 0.4) is 0 Å². The highest BCUT2D eigenvalue weighted by Crippen LogP contribution is 2.20. The zero-order valence-corrected chi connectivity index (χ0v) is 10.2. The molecule has 6 heteroatoms. The van der Waals surface area contributed by atoms with Crippen LogP contribution in [0.2, 0.25) is 4.34 Å². The van der Waals surface area contributed by atoms with Crippen molar-refractivity contribution in [2.75, 3.05) is 13.2 Å². The molecule has 1 aliphatic rings. The zero-order valence-electron chi connectivity index (χ0n) is 8.66. The number of nitrogens with one attached hydrogen (secondary N) is 2. The van der Waals surface area contributed by atoms with Crippen LogP contribution in [-0.4, -0.2) is 25.3 Å². The first-order valence-electron chi connectivity index (χ1n) is 5.10. The van der Waals surface area contributed by atoms with E-state index in [1.165, 1.54) is 11.3 Å². The molecule has 2 rings (SSSR count). The van der Waals surface area contributed by atoms with E-state index in [1.54, 1.807) is 0 Å². The summed E-state index contributed by atoms with van der Waals surface area (Å²) in [5.41, 5.74) is 0. The molecule has 1 aromatic heterocycles. The van der Waals surface area contributed by atoms with Crippen molar-refractivity contribution in [3.05, 3.63) is 21.3 Å². The van der Waals surface area contributed by atoms with Gasteiger partial charge < -0.3 is 15.4 Å². The monoisotopic (exact) mass is 260 g/mol. The third kappa shape index (κ3) is 3.37. The Bertz CT molecular complexity index is 363. The first-order chi connectivity index (χ1) is 7.74. The molecule has 1 aromatic rings. The molecular weight excluding hydrogens is 248 g/mol. The molecule has 0 radical (unpaired) electrons. The number of amides is 2. The summed E-state index contributed by atoms with van der Waals surface area (Å²) in [6.07, 6.45) is 0.887. The second-order valence-corrected chi connectivity index (χ2v) is 5.39. The summed E-state index contributed by atoms with van der Waals surface area (Å²) >= 11 is 7.26. The van der Waals surface area contributed by atoms with Crippen LogP contribution >= 0.6 is 22.9 Å². The molecule has 0 aliphatic carbocycles. The van der Waals surface area contributed by atoms with Gasteiger partial charge in [0.05, 0.1) is 23.5 Å². The van der Waals surface area contributed by atoms with Gasteiger partial charge in [-0.25, -0.2) is 4.79 Å². The lowest BCUT2D eigenvalue weighted by Gasteiger charge is -2.11. The average Bonchev–Trinajstić information content (AvgIpc) is 2.87. The van der Waals surface area contributed by atoms with Gasteiger partial charge in [-0.15, -0.1) is 11.3 Å². The molecule has 0 saturated carbocycles. The van der Waals surface area contributed by atoms with Crippen LogP contribution in [0.4, 0.5) is 4.79 Å². The Morgan fingerprint density at radius 2 is 2.50 bits per heavy atom. The zero-order chi connectivity index (χ0) is 11.4. The fourth-order valence-electron chi connectivity index (χ4n) is 1.50. The summed E-state index contributed by atoms with van der Waals surface area (Å²) in [5, 5.41) is 5.64. The van der Waals surface area contributed by atoms with Gasteiger partial charge in [-0.1, -0.05) is 11.6 Å². The van der Waals surface area contributed by atoms with Crippen LogP contribution in [0.1, 0.15) is 11.3 Å². The van der Waals surface area contributed by atoms with Crippen LogP contribution in [0.5, 0.6) is 0 Å². The highest BCUT2D eigenvalue weighted by atomic mass is 35.5. The number of carbonyl (C=O) groups excluding carboxylic acids is 1. The molecule has 0 spiro atoms. The fraction of sp³-hybridized carbons (Fsp3) is 0.500. The van der Waals surface area contributed by atoms with Crippen molar-refractivity contribution >= 4 is 29.0 Å². The van der Waals surface area contributed by atoms with Gasteiger partial charge >= 0.3 is 6.03 Å². The van der Waals surface area contributed by atoms with E-state index in [1.807, 2.05) is 12.1 Å². The van der Waals surface area contributed by atoms with Gasteiger partial charge in [0.15, 0.2) is 0 Å². The van der Waals surface area contributed by atoms with E-state index >= 15 is 0 Å². The molecule has 1 aliphatic heterocycles. The Hall–Kier alpha value is -0.780. The summed E-state index contributed by atoms with van der Waals surface area (Å²) in [6, 6.07) is 3.73. The predicted molar refractivity (Wildman–Crippen MR) is 63.9 cm³/mol. The molecule has 1 fully saturated rings. The second kappa shape index (κ2) is 5.52. The minimum Gasteiger partial charge on any atom is -0.379 e. The molecule has 1 atom stereocenters. The van der Waals surface area contributed by atoms with E-state index in [-0.39, 0.29) is 12.1 Å². The van der Waals surface area contributed by atoms with Gasteiger partial charge in [-0.2, -0.15) is 0 Å². The molecule has 2 N–H and O–H groups in total. The molecule has 1 unspecified atom stereocenters. The lowest BCUT2D eigenvalue weighted by Crippen LogP contribution is -2.41. The van der Waals surface area contributed by atoms with Gasteiger partial charge in [0.2, 0.25) is 0 Å². The molecule has 4 nitrogen and oxygen atoms in total. The standard InChI is InChI=1S/C10H13ClN2O2S/c11-9-2-1-8(16-9)5-12-10(14)13-7-3-4-15-6-7/h1-2,7H,3-6H2,(H2,12,13,14). The maximum atomic E-state index is 11.5. The Morgan fingerprint density at radius 1 is 1.62 bits per heavy atom. The van der Waals surface area contributed by atoms with E-state index in [4.69, 9.17) is 16.3 Å². The van der Waals surface area contributed by atoms with Crippen LogP contribution < -0.4 is 10.6 Å². The van der Waals surface area contributed by atoms with E-state index in [9.17, 15) is 4.79 Å². The first-order valence-corrected chi connectivity index (χ1v) is 6.30. The first kappa shape index (κ1) is 11.7. The van der Waals surface area contributed by atoms with Crippen molar-refractivity contribution < 1.29 is 9.53 Å². The van der Waals surface area contributed by atoms with Gasteiger partial charge in [-0.05, 0) is 18.6 Å².